The average Bonchev–Trinajstić information content (AvgIpc) is 2.91. The van der Waals surface area contributed by atoms with Crippen LogP contribution in [0.3, 0.4) is 0 Å². The van der Waals surface area contributed by atoms with Crippen molar-refractivity contribution in [1.82, 2.24) is 5.43 Å². The van der Waals surface area contributed by atoms with Crippen LogP contribution in [0.25, 0.3) is 0 Å². The Kier molecular flexibility index (Phi) is 4.60. The van der Waals surface area contributed by atoms with Crippen LogP contribution in [0.2, 0.25) is 0 Å². The molecule has 0 bridgehead atoms. The second-order valence-corrected chi connectivity index (χ2v) is 7.70. The van der Waals surface area contributed by atoms with Crippen molar-refractivity contribution in [2.75, 3.05) is 18.1 Å². The summed E-state index contributed by atoms with van der Waals surface area (Å²) in [7, 11) is 0. The van der Waals surface area contributed by atoms with E-state index in [-0.39, 0.29) is 11.6 Å². The van der Waals surface area contributed by atoms with E-state index in [2.05, 4.69) is 37.5 Å². The number of benzene rings is 1. The molecule has 4 heteroatoms. The van der Waals surface area contributed by atoms with Gasteiger partial charge >= 0.3 is 0 Å². The van der Waals surface area contributed by atoms with E-state index in [1.54, 1.807) is 0 Å². The molecule has 2 fully saturated rings. The van der Waals surface area contributed by atoms with E-state index < -0.39 is 0 Å². The first kappa shape index (κ1) is 15.3. The standard InChI is InChI=1S/C17H26N2OS/c1-12-3-4-13(2)15(9-12)16(19-18)14-5-7-20-17(10-14)6-8-21-11-17/h3-4,9,14,16,19H,5-8,10-11,18H2,1-2H3. The second kappa shape index (κ2) is 6.29. The fraction of sp³-hybridized carbons (Fsp3) is 0.647. The van der Waals surface area contributed by atoms with E-state index in [1.807, 2.05) is 11.8 Å². The molecule has 3 N–H and O–H groups in total. The van der Waals surface area contributed by atoms with E-state index in [0.717, 1.165) is 25.2 Å². The SMILES string of the molecule is Cc1ccc(C)c(C(NN)C2CCOC3(CCSC3)C2)c1. The van der Waals surface area contributed by atoms with Gasteiger partial charge in [-0.05, 0) is 55.9 Å². The van der Waals surface area contributed by atoms with Crippen LogP contribution in [-0.2, 0) is 4.74 Å². The van der Waals surface area contributed by atoms with Crippen LogP contribution in [0, 0.1) is 19.8 Å². The zero-order valence-electron chi connectivity index (χ0n) is 13.0. The third-order valence-corrected chi connectivity index (χ3v) is 6.24. The van der Waals surface area contributed by atoms with Crippen LogP contribution in [0.5, 0.6) is 0 Å². The average molecular weight is 306 g/mol. The molecule has 3 atom stereocenters. The number of nitrogens with two attached hydrogens (primary N) is 1. The highest BCUT2D eigenvalue weighted by Gasteiger charge is 2.42. The van der Waals surface area contributed by atoms with Gasteiger partial charge in [-0.2, -0.15) is 11.8 Å². The van der Waals surface area contributed by atoms with Gasteiger partial charge in [-0.15, -0.1) is 0 Å². The zero-order valence-corrected chi connectivity index (χ0v) is 13.8. The molecule has 0 amide bonds. The highest BCUT2D eigenvalue weighted by atomic mass is 32.2. The van der Waals surface area contributed by atoms with Gasteiger partial charge in [0.1, 0.15) is 0 Å². The summed E-state index contributed by atoms with van der Waals surface area (Å²) in [6.45, 7) is 5.20. The fourth-order valence-corrected chi connectivity index (χ4v) is 5.17. The summed E-state index contributed by atoms with van der Waals surface area (Å²) in [5.74, 6) is 8.88. The third-order valence-electron chi connectivity index (χ3n) is 5.02. The van der Waals surface area contributed by atoms with Gasteiger partial charge in [0.25, 0.3) is 0 Å². The number of thioether (sulfide) groups is 1. The number of hydrogen-bond acceptors (Lipinski definition) is 4. The van der Waals surface area contributed by atoms with Crippen LogP contribution in [0.15, 0.2) is 18.2 Å². The lowest BCUT2D eigenvalue weighted by molar-refractivity contribution is -0.0854. The number of hydrazine groups is 1. The minimum absolute atomic E-state index is 0.112. The molecule has 2 saturated heterocycles. The van der Waals surface area contributed by atoms with Crippen LogP contribution in [0.1, 0.15) is 42.0 Å². The topological polar surface area (TPSA) is 47.3 Å². The molecule has 3 rings (SSSR count). The smallest absolute Gasteiger partial charge is 0.0783 e. The number of nitrogens with one attached hydrogen (secondary N) is 1. The molecule has 1 spiro atoms. The molecule has 116 valence electrons. The molecular weight excluding hydrogens is 280 g/mol. The lowest BCUT2D eigenvalue weighted by Crippen LogP contribution is -2.45. The Morgan fingerprint density at radius 3 is 3.00 bits per heavy atom. The number of ether oxygens (including phenoxy) is 1. The Labute approximate surface area is 132 Å². The van der Waals surface area contributed by atoms with E-state index in [9.17, 15) is 0 Å². The lowest BCUT2D eigenvalue weighted by Gasteiger charge is -2.41. The van der Waals surface area contributed by atoms with Crippen molar-refractivity contribution in [3.8, 4) is 0 Å². The fourth-order valence-electron chi connectivity index (χ4n) is 3.79. The highest BCUT2D eigenvalue weighted by Crippen LogP contribution is 2.44. The summed E-state index contributed by atoms with van der Waals surface area (Å²) >= 11 is 2.03. The van der Waals surface area contributed by atoms with E-state index >= 15 is 0 Å². The van der Waals surface area contributed by atoms with Gasteiger partial charge in [0, 0.05) is 18.4 Å². The lowest BCUT2D eigenvalue weighted by atomic mass is 9.78. The summed E-state index contributed by atoms with van der Waals surface area (Å²) < 4.78 is 6.15. The Balaban J connectivity index is 1.84. The summed E-state index contributed by atoms with van der Waals surface area (Å²) in [5.41, 5.74) is 7.19. The molecular formula is C17H26N2OS. The molecule has 2 heterocycles. The maximum Gasteiger partial charge on any atom is 0.0783 e. The molecule has 3 nitrogen and oxygen atoms in total. The number of hydrogen-bond donors (Lipinski definition) is 2. The van der Waals surface area contributed by atoms with Crippen LogP contribution in [-0.4, -0.2) is 23.7 Å². The first-order valence-corrected chi connectivity index (χ1v) is 9.04. The first-order chi connectivity index (χ1) is 10.1. The van der Waals surface area contributed by atoms with Crippen molar-refractivity contribution < 1.29 is 4.74 Å². The second-order valence-electron chi connectivity index (χ2n) is 6.59. The van der Waals surface area contributed by atoms with E-state index in [0.29, 0.717) is 5.92 Å². The summed E-state index contributed by atoms with van der Waals surface area (Å²) in [4.78, 5) is 0. The molecule has 0 aliphatic carbocycles. The molecule has 1 aromatic rings. The molecule has 2 aliphatic rings. The van der Waals surface area contributed by atoms with Crippen molar-refractivity contribution >= 4 is 11.8 Å². The Hall–Kier alpha value is -0.550. The Morgan fingerprint density at radius 2 is 2.29 bits per heavy atom. The predicted molar refractivity (Wildman–Crippen MR) is 89.3 cm³/mol. The van der Waals surface area contributed by atoms with Crippen molar-refractivity contribution in [3.63, 3.8) is 0 Å². The van der Waals surface area contributed by atoms with Crippen molar-refractivity contribution in [1.29, 1.82) is 0 Å². The summed E-state index contributed by atoms with van der Waals surface area (Å²) in [5, 5.41) is 0. The monoisotopic (exact) mass is 306 g/mol. The molecule has 2 aliphatic heterocycles. The maximum atomic E-state index is 6.15. The molecule has 21 heavy (non-hydrogen) atoms. The minimum Gasteiger partial charge on any atom is -0.374 e. The number of rotatable bonds is 3. The normalized spacial score (nSPS) is 30.7. The molecule has 0 radical (unpaired) electrons. The van der Waals surface area contributed by atoms with Crippen molar-refractivity contribution in [2.24, 2.45) is 11.8 Å². The minimum atomic E-state index is 0.112. The summed E-state index contributed by atoms with van der Waals surface area (Å²) in [6, 6.07) is 6.89. The largest absolute Gasteiger partial charge is 0.374 e. The van der Waals surface area contributed by atoms with Crippen molar-refractivity contribution in [2.45, 2.75) is 44.8 Å². The zero-order chi connectivity index (χ0) is 14.9. The number of aryl methyl sites for hydroxylation is 2. The Bertz CT molecular complexity index is 500. The third kappa shape index (κ3) is 3.14. The quantitative estimate of drug-likeness (QED) is 0.665. The molecule has 0 aromatic heterocycles. The van der Waals surface area contributed by atoms with Gasteiger partial charge < -0.3 is 4.74 Å². The van der Waals surface area contributed by atoms with Crippen LogP contribution < -0.4 is 11.3 Å². The van der Waals surface area contributed by atoms with Gasteiger partial charge in [0.15, 0.2) is 0 Å². The maximum absolute atomic E-state index is 6.15. The van der Waals surface area contributed by atoms with Crippen LogP contribution >= 0.6 is 11.8 Å². The van der Waals surface area contributed by atoms with Gasteiger partial charge in [-0.3, -0.25) is 11.3 Å². The molecule has 1 aromatic carbocycles. The van der Waals surface area contributed by atoms with Gasteiger partial charge in [-0.1, -0.05) is 23.8 Å². The van der Waals surface area contributed by atoms with Gasteiger partial charge in [0.05, 0.1) is 5.60 Å². The van der Waals surface area contributed by atoms with E-state index in [4.69, 9.17) is 10.6 Å². The van der Waals surface area contributed by atoms with Gasteiger partial charge in [0.2, 0.25) is 0 Å². The predicted octanol–water partition coefficient (Wildman–Crippen LogP) is 3.11. The highest BCUT2D eigenvalue weighted by molar-refractivity contribution is 7.99. The van der Waals surface area contributed by atoms with Gasteiger partial charge in [-0.25, -0.2) is 0 Å². The van der Waals surface area contributed by atoms with E-state index in [1.165, 1.54) is 28.9 Å². The molecule has 3 unspecified atom stereocenters. The molecule has 0 saturated carbocycles. The first-order valence-electron chi connectivity index (χ1n) is 7.88. The van der Waals surface area contributed by atoms with Crippen molar-refractivity contribution in [3.05, 3.63) is 34.9 Å². The summed E-state index contributed by atoms with van der Waals surface area (Å²) in [6.07, 6.45) is 3.41. The van der Waals surface area contributed by atoms with Crippen LogP contribution in [0.4, 0.5) is 0 Å². The Morgan fingerprint density at radius 1 is 1.43 bits per heavy atom.